The first-order valence-electron chi connectivity index (χ1n) is 13.2. The van der Waals surface area contributed by atoms with Gasteiger partial charge in [0.2, 0.25) is 0 Å². The van der Waals surface area contributed by atoms with Gasteiger partial charge in [0.1, 0.15) is 38.7 Å². The number of carbonyl (C=O) groups excluding carboxylic acids is 1. The summed E-state index contributed by atoms with van der Waals surface area (Å²) in [6.07, 6.45) is 2.78. The number of hydrogen-bond donors (Lipinski definition) is 3. The summed E-state index contributed by atoms with van der Waals surface area (Å²) in [5.41, 5.74) is 5.63. The average Bonchev–Trinajstić information content (AvgIpc) is 2.92. The van der Waals surface area contributed by atoms with Crippen LogP contribution in [0.15, 0.2) is 42.7 Å². The molecular formula is C28H30F3N5O4S. The predicted octanol–water partition coefficient (Wildman–Crippen LogP) is 3.25. The van der Waals surface area contributed by atoms with E-state index in [1.807, 2.05) is 11.8 Å². The Labute approximate surface area is 235 Å². The van der Waals surface area contributed by atoms with Crippen molar-refractivity contribution in [3.63, 3.8) is 0 Å². The van der Waals surface area contributed by atoms with Crippen molar-refractivity contribution >= 4 is 27.1 Å². The summed E-state index contributed by atoms with van der Waals surface area (Å²) in [5, 5.41) is 12.9. The minimum absolute atomic E-state index is 0.0693. The van der Waals surface area contributed by atoms with E-state index in [0.717, 1.165) is 24.3 Å². The number of benzene rings is 1. The van der Waals surface area contributed by atoms with Crippen LogP contribution in [0.3, 0.4) is 0 Å². The topological polar surface area (TPSA) is 139 Å². The van der Waals surface area contributed by atoms with Gasteiger partial charge in [-0.05, 0) is 54.7 Å². The van der Waals surface area contributed by atoms with E-state index in [1.54, 1.807) is 12.3 Å². The number of hydrogen-bond acceptors (Lipinski definition) is 8. The monoisotopic (exact) mass is 589 g/mol. The van der Waals surface area contributed by atoms with Crippen molar-refractivity contribution in [1.82, 2.24) is 9.97 Å². The van der Waals surface area contributed by atoms with Crippen LogP contribution < -0.4 is 16.0 Å². The van der Waals surface area contributed by atoms with Gasteiger partial charge in [-0.25, -0.2) is 26.6 Å². The number of aromatic nitrogens is 2. The molecule has 4 heterocycles. The molecule has 3 aromatic rings. The number of rotatable bonds is 5. The molecule has 41 heavy (non-hydrogen) atoms. The number of nitrogens with two attached hydrogens (primary N) is 1. The molecule has 0 spiro atoms. The van der Waals surface area contributed by atoms with E-state index in [1.165, 1.54) is 6.20 Å². The predicted molar refractivity (Wildman–Crippen MR) is 148 cm³/mol. The largest absolute Gasteiger partial charge is 0.391 e. The molecule has 2 aromatic heterocycles. The standard InChI is InChI=1S/C28H30F3N5O4S/c1-15-13-36(14-21(32)27(15)37)24-4-7-33-12-23(24)35-28(38)22-3-2-18(29)26(34-22)25-19(30)10-17(11-20(25)31)16-5-8-41(39,40)9-6-16/h2-4,7,10-12,15-16,21,27,37H,5-6,8-9,13-14,32H2,1H3,(H,35,38)/t15-,21+,27+/m0/s1. The van der Waals surface area contributed by atoms with Crippen LogP contribution in [-0.4, -0.2) is 66.1 Å². The van der Waals surface area contributed by atoms with Crippen LogP contribution in [0.2, 0.25) is 0 Å². The summed E-state index contributed by atoms with van der Waals surface area (Å²) in [5.74, 6) is -4.52. The second-order valence-electron chi connectivity index (χ2n) is 10.7. The Morgan fingerprint density at radius 1 is 1.07 bits per heavy atom. The molecule has 0 unspecified atom stereocenters. The number of nitrogens with zero attached hydrogens (tertiary/aromatic N) is 3. The van der Waals surface area contributed by atoms with Crippen LogP contribution in [0.5, 0.6) is 0 Å². The Hall–Kier alpha value is -3.55. The average molecular weight is 590 g/mol. The van der Waals surface area contributed by atoms with Crippen LogP contribution in [0, 0.1) is 23.4 Å². The molecule has 0 radical (unpaired) electrons. The van der Waals surface area contributed by atoms with Gasteiger partial charge in [-0.1, -0.05) is 6.92 Å². The molecule has 2 saturated heterocycles. The van der Waals surface area contributed by atoms with E-state index in [0.29, 0.717) is 24.5 Å². The number of sulfone groups is 1. The molecule has 13 heteroatoms. The quantitative estimate of drug-likeness (QED) is 0.412. The molecule has 0 bridgehead atoms. The van der Waals surface area contributed by atoms with E-state index < -0.39 is 56.6 Å². The van der Waals surface area contributed by atoms with Crippen LogP contribution in [0.1, 0.15) is 41.7 Å². The number of halogens is 3. The lowest BCUT2D eigenvalue weighted by atomic mass is 9.92. The summed E-state index contributed by atoms with van der Waals surface area (Å²) in [4.78, 5) is 23.1. The maximum atomic E-state index is 15.2. The Morgan fingerprint density at radius 2 is 1.76 bits per heavy atom. The number of nitrogens with one attached hydrogen (secondary N) is 1. The first-order chi connectivity index (χ1) is 19.4. The summed E-state index contributed by atoms with van der Waals surface area (Å²) >= 11 is 0. The van der Waals surface area contributed by atoms with E-state index in [-0.39, 0.29) is 47.4 Å². The van der Waals surface area contributed by atoms with Crippen LogP contribution in [-0.2, 0) is 9.84 Å². The zero-order valence-electron chi connectivity index (χ0n) is 22.2. The fourth-order valence-electron chi connectivity index (χ4n) is 5.48. The van der Waals surface area contributed by atoms with E-state index in [4.69, 9.17) is 5.73 Å². The molecule has 0 aliphatic carbocycles. The van der Waals surface area contributed by atoms with Crippen molar-refractivity contribution in [2.45, 2.75) is 37.8 Å². The molecule has 2 aliphatic heterocycles. The van der Waals surface area contributed by atoms with Crippen LogP contribution in [0.25, 0.3) is 11.3 Å². The van der Waals surface area contributed by atoms with Gasteiger partial charge in [0, 0.05) is 31.2 Å². The Morgan fingerprint density at radius 3 is 2.41 bits per heavy atom. The summed E-state index contributed by atoms with van der Waals surface area (Å²) < 4.78 is 68.7. The lowest BCUT2D eigenvalue weighted by Gasteiger charge is -2.40. The molecule has 0 saturated carbocycles. The molecule has 218 valence electrons. The van der Waals surface area contributed by atoms with Crippen molar-refractivity contribution in [2.24, 2.45) is 11.7 Å². The first kappa shape index (κ1) is 29.0. The molecule has 4 N–H and O–H groups in total. The zero-order valence-corrected chi connectivity index (χ0v) is 23.0. The highest BCUT2D eigenvalue weighted by Crippen LogP contribution is 2.35. The first-order valence-corrected chi connectivity index (χ1v) is 15.1. The van der Waals surface area contributed by atoms with Crippen molar-refractivity contribution in [3.8, 4) is 11.3 Å². The highest BCUT2D eigenvalue weighted by molar-refractivity contribution is 7.91. The Kier molecular flexibility index (Phi) is 8.04. The molecule has 1 amide bonds. The fourth-order valence-corrected chi connectivity index (χ4v) is 6.97. The Bertz CT molecular complexity index is 1540. The lowest BCUT2D eigenvalue weighted by molar-refractivity contribution is 0.0785. The highest BCUT2D eigenvalue weighted by Gasteiger charge is 2.32. The third kappa shape index (κ3) is 6.07. The zero-order chi connectivity index (χ0) is 29.5. The fraction of sp³-hybridized carbons (Fsp3) is 0.393. The minimum atomic E-state index is -3.16. The molecule has 2 fully saturated rings. The van der Waals surface area contributed by atoms with E-state index in [9.17, 15) is 22.7 Å². The molecule has 2 aliphatic rings. The van der Waals surface area contributed by atoms with Crippen molar-refractivity contribution in [2.75, 3.05) is 34.8 Å². The number of piperidine rings is 1. The van der Waals surface area contributed by atoms with E-state index in [2.05, 4.69) is 15.3 Å². The number of carbonyl (C=O) groups is 1. The summed E-state index contributed by atoms with van der Waals surface area (Å²) in [6.45, 7) is 2.68. The van der Waals surface area contributed by atoms with Gasteiger partial charge >= 0.3 is 0 Å². The van der Waals surface area contributed by atoms with Crippen molar-refractivity contribution in [1.29, 1.82) is 0 Å². The molecule has 1 aromatic carbocycles. The van der Waals surface area contributed by atoms with Crippen molar-refractivity contribution < 1.29 is 31.5 Å². The number of amides is 1. The maximum absolute atomic E-state index is 15.2. The number of pyridine rings is 2. The molecule has 5 rings (SSSR count). The number of aliphatic hydroxyl groups excluding tert-OH is 1. The number of aliphatic hydroxyl groups is 1. The van der Waals surface area contributed by atoms with Gasteiger partial charge < -0.3 is 21.1 Å². The van der Waals surface area contributed by atoms with Gasteiger partial charge in [0.25, 0.3) is 5.91 Å². The van der Waals surface area contributed by atoms with Gasteiger partial charge in [-0.3, -0.25) is 9.78 Å². The van der Waals surface area contributed by atoms with Gasteiger partial charge in [0.15, 0.2) is 0 Å². The second-order valence-corrected chi connectivity index (χ2v) is 13.0. The normalized spacial score (nSPS) is 22.9. The third-order valence-corrected chi connectivity index (χ3v) is 9.47. The summed E-state index contributed by atoms with van der Waals surface area (Å²) in [7, 11) is -3.16. The molecule has 9 nitrogen and oxygen atoms in total. The maximum Gasteiger partial charge on any atom is 0.274 e. The van der Waals surface area contributed by atoms with Gasteiger partial charge in [-0.15, -0.1) is 0 Å². The second kappa shape index (κ2) is 11.4. The van der Waals surface area contributed by atoms with Gasteiger partial charge in [-0.2, -0.15) is 0 Å². The Balaban J connectivity index is 1.40. The van der Waals surface area contributed by atoms with Crippen LogP contribution >= 0.6 is 0 Å². The number of anilines is 2. The van der Waals surface area contributed by atoms with Crippen molar-refractivity contribution in [3.05, 3.63) is 71.4 Å². The lowest BCUT2D eigenvalue weighted by Crippen LogP contribution is -2.55. The van der Waals surface area contributed by atoms with E-state index >= 15 is 8.78 Å². The molecule has 3 atom stereocenters. The SMILES string of the molecule is C[C@H]1CN(c2ccncc2NC(=O)c2ccc(F)c(-c3c(F)cc(C4CCS(=O)(=O)CC4)cc3F)n2)C[C@@H](N)[C@@H]1O. The van der Waals surface area contributed by atoms with Gasteiger partial charge in [0.05, 0.1) is 40.7 Å². The minimum Gasteiger partial charge on any atom is -0.391 e. The smallest absolute Gasteiger partial charge is 0.274 e. The highest BCUT2D eigenvalue weighted by atomic mass is 32.2. The summed E-state index contributed by atoms with van der Waals surface area (Å²) in [6, 6.07) is 5.33. The van der Waals surface area contributed by atoms with Crippen LogP contribution in [0.4, 0.5) is 24.5 Å². The third-order valence-electron chi connectivity index (χ3n) is 7.75. The molecular weight excluding hydrogens is 559 g/mol.